The van der Waals surface area contributed by atoms with Crippen LogP contribution in [0.5, 0.6) is 0 Å². The van der Waals surface area contributed by atoms with Gasteiger partial charge in [0.25, 0.3) is 0 Å². The first kappa shape index (κ1) is 16.8. The molecule has 0 saturated heterocycles. The fourth-order valence-electron chi connectivity index (χ4n) is 1.94. The summed E-state index contributed by atoms with van der Waals surface area (Å²) in [5.41, 5.74) is 5.30. The summed E-state index contributed by atoms with van der Waals surface area (Å²) in [7, 11) is 0. The van der Waals surface area contributed by atoms with Gasteiger partial charge in [-0.25, -0.2) is 0 Å². The molecule has 0 heterocycles. The molecular formula is C14H25NO3. The molecule has 0 rings (SSSR count). The first-order valence-corrected chi connectivity index (χ1v) is 6.77. The number of hydrogen-bond donors (Lipinski definition) is 1. The second-order valence-corrected chi connectivity index (χ2v) is 4.89. The van der Waals surface area contributed by atoms with Crippen molar-refractivity contribution >= 4 is 17.5 Å². The Morgan fingerprint density at radius 3 is 2.22 bits per heavy atom. The van der Waals surface area contributed by atoms with Crippen LogP contribution in [0.4, 0.5) is 0 Å². The van der Waals surface area contributed by atoms with Crippen LogP contribution in [0.25, 0.3) is 0 Å². The van der Waals surface area contributed by atoms with Gasteiger partial charge in [-0.3, -0.25) is 9.59 Å². The lowest BCUT2D eigenvalue weighted by atomic mass is 9.93. The van der Waals surface area contributed by atoms with E-state index in [1.165, 1.54) is 0 Å². The van der Waals surface area contributed by atoms with Gasteiger partial charge in [-0.15, -0.1) is 0 Å². The van der Waals surface area contributed by atoms with E-state index in [4.69, 9.17) is 5.73 Å². The van der Waals surface area contributed by atoms with Crippen LogP contribution < -0.4 is 5.73 Å². The van der Waals surface area contributed by atoms with Gasteiger partial charge in [-0.05, 0) is 26.2 Å². The van der Waals surface area contributed by atoms with Gasteiger partial charge in [-0.2, -0.15) is 0 Å². The molecule has 0 aromatic carbocycles. The van der Waals surface area contributed by atoms with E-state index in [-0.39, 0.29) is 29.8 Å². The highest BCUT2D eigenvalue weighted by atomic mass is 16.1. The molecule has 0 spiro atoms. The number of ketones is 2. The second-order valence-electron chi connectivity index (χ2n) is 4.89. The smallest absolute Gasteiger partial charge is 0.220 e. The van der Waals surface area contributed by atoms with Gasteiger partial charge in [0.05, 0.1) is 0 Å². The van der Waals surface area contributed by atoms with Crippen molar-refractivity contribution in [2.45, 2.75) is 65.2 Å². The van der Waals surface area contributed by atoms with Gasteiger partial charge in [-0.1, -0.05) is 19.8 Å². The topological polar surface area (TPSA) is 77.2 Å². The highest BCUT2D eigenvalue weighted by Gasteiger charge is 2.18. The number of primary amides is 1. The molecule has 2 N–H and O–H groups in total. The standard InChI is InChI=1S/C14H25NO3/c1-3-7-13(17)10-12(14(15)18)9-6-4-5-8-11(2)16/h12H,3-10H2,1-2H3,(H2,15,18)/t12-/m1/s1. The van der Waals surface area contributed by atoms with Crippen molar-refractivity contribution in [2.24, 2.45) is 11.7 Å². The van der Waals surface area contributed by atoms with E-state index in [0.717, 1.165) is 25.7 Å². The number of unbranched alkanes of at least 4 members (excludes halogenated alkanes) is 2. The van der Waals surface area contributed by atoms with Crippen LogP contribution in [0.2, 0.25) is 0 Å². The van der Waals surface area contributed by atoms with Crippen molar-refractivity contribution in [1.82, 2.24) is 0 Å². The number of carbonyl (C=O) groups is 3. The van der Waals surface area contributed by atoms with Gasteiger partial charge in [0.2, 0.25) is 5.91 Å². The Hall–Kier alpha value is -1.19. The van der Waals surface area contributed by atoms with Crippen LogP contribution in [-0.4, -0.2) is 17.5 Å². The molecule has 1 amide bonds. The Bertz CT molecular complexity index is 287. The number of nitrogens with two attached hydrogens (primary N) is 1. The summed E-state index contributed by atoms with van der Waals surface area (Å²) in [6.07, 6.45) is 5.46. The van der Waals surface area contributed by atoms with Crippen molar-refractivity contribution < 1.29 is 14.4 Å². The van der Waals surface area contributed by atoms with Gasteiger partial charge in [0, 0.05) is 25.2 Å². The number of amides is 1. The summed E-state index contributed by atoms with van der Waals surface area (Å²) >= 11 is 0. The van der Waals surface area contributed by atoms with Crippen LogP contribution in [0.1, 0.15) is 65.2 Å². The third kappa shape index (κ3) is 8.90. The molecule has 4 nitrogen and oxygen atoms in total. The monoisotopic (exact) mass is 255 g/mol. The maximum Gasteiger partial charge on any atom is 0.220 e. The number of hydrogen-bond acceptors (Lipinski definition) is 3. The molecule has 0 unspecified atom stereocenters. The normalized spacial score (nSPS) is 12.1. The Balaban J connectivity index is 3.87. The summed E-state index contributed by atoms with van der Waals surface area (Å²) in [5, 5.41) is 0. The first-order valence-electron chi connectivity index (χ1n) is 6.77. The minimum atomic E-state index is -0.383. The second kappa shape index (κ2) is 9.80. The van der Waals surface area contributed by atoms with Gasteiger partial charge < -0.3 is 10.5 Å². The van der Waals surface area contributed by atoms with Crippen molar-refractivity contribution in [2.75, 3.05) is 0 Å². The number of Topliss-reactive ketones (excluding diaryl/α,β-unsaturated/α-hetero) is 2. The Morgan fingerprint density at radius 2 is 1.72 bits per heavy atom. The van der Waals surface area contributed by atoms with Gasteiger partial charge >= 0.3 is 0 Å². The molecule has 0 saturated carbocycles. The number of carbonyl (C=O) groups excluding carboxylic acids is 3. The Morgan fingerprint density at radius 1 is 1.06 bits per heavy atom. The van der Waals surface area contributed by atoms with Crippen molar-refractivity contribution in [3.63, 3.8) is 0 Å². The molecule has 4 heteroatoms. The zero-order valence-corrected chi connectivity index (χ0v) is 11.5. The average molecular weight is 255 g/mol. The molecule has 0 radical (unpaired) electrons. The molecule has 104 valence electrons. The molecule has 0 aliphatic carbocycles. The maximum atomic E-state index is 11.5. The summed E-state index contributed by atoms with van der Waals surface area (Å²) in [5.74, 6) is -0.406. The quantitative estimate of drug-likeness (QED) is 0.576. The lowest BCUT2D eigenvalue weighted by Crippen LogP contribution is -2.25. The molecule has 0 aromatic heterocycles. The van der Waals surface area contributed by atoms with E-state index in [1.807, 2.05) is 6.92 Å². The fourth-order valence-corrected chi connectivity index (χ4v) is 1.94. The third-order valence-corrected chi connectivity index (χ3v) is 2.99. The molecule has 0 aromatic rings. The first-order chi connectivity index (χ1) is 8.47. The average Bonchev–Trinajstić information content (AvgIpc) is 2.26. The largest absolute Gasteiger partial charge is 0.369 e. The lowest BCUT2D eigenvalue weighted by Gasteiger charge is -2.12. The summed E-state index contributed by atoms with van der Waals surface area (Å²) < 4.78 is 0. The SMILES string of the molecule is CCCC(=O)C[C@@H](CCCCCC(C)=O)C(N)=O. The molecule has 18 heavy (non-hydrogen) atoms. The fraction of sp³-hybridized carbons (Fsp3) is 0.786. The molecule has 0 bridgehead atoms. The molecular weight excluding hydrogens is 230 g/mol. The van der Waals surface area contributed by atoms with Crippen LogP contribution in [0.15, 0.2) is 0 Å². The Kier molecular flexibility index (Phi) is 9.15. The van der Waals surface area contributed by atoms with Crippen molar-refractivity contribution in [3.8, 4) is 0 Å². The zero-order valence-electron chi connectivity index (χ0n) is 11.5. The zero-order chi connectivity index (χ0) is 14.0. The summed E-state index contributed by atoms with van der Waals surface area (Å²) in [6, 6.07) is 0. The van der Waals surface area contributed by atoms with E-state index < -0.39 is 0 Å². The van der Waals surface area contributed by atoms with Crippen LogP contribution in [0.3, 0.4) is 0 Å². The van der Waals surface area contributed by atoms with E-state index >= 15 is 0 Å². The van der Waals surface area contributed by atoms with Crippen LogP contribution >= 0.6 is 0 Å². The Labute approximate surface area is 109 Å². The van der Waals surface area contributed by atoms with E-state index in [1.54, 1.807) is 6.92 Å². The predicted molar refractivity (Wildman–Crippen MR) is 71.0 cm³/mol. The highest BCUT2D eigenvalue weighted by molar-refractivity contribution is 5.85. The maximum absolute atomic E-state index is 11.5. The van der Waals surface area contributed by atoms with Crippen molar-refractivity contribution in [1.29, 1.82) is 0 Å². The van der Waals surface area contributed by atoms with Crippen LogP contribution in [0, 0.1) is 5.92 Å². The van der Waals surface area contributed by atoms with Crippen molar-refractivity contribution in [3.05, 3.63) is 0 Å². The predicted octanol–water partition coefficient (Wildman–Crippen LogP) is 2.39. The number of rotatable bonds is 11. The highest BCUT2D eigenvalue weighted by Crippen LogP contribution is 2.16. The molecule has 0 fully saturated rings. The molecule has 0 aliphatic heterocycles. The minimum absolute atomic E-state index is 0.116. The third-order valence-electron chi connectivity index (χ3n) is 2.99. The molecule has 0 aliphatic rings. The van der Waals surface area contributed by atoms with E-state index in [9.17, 15) is 14.4 Å². The van der Waals surface area contributed by atoms with E-state index in [0.29, 0.717) is 19.3 Å². The van der Waals surface area contributed by atoms with Gasteiger partial charge in [0.1, 0.15) is 11.6 Å². The summed E-state index contributed by atoms with van der Waals surface area (Å²) in [6.45, 7) is 3.52. The lowest BCUT2D eigenvalue weighted by molar-refractivity contribution is -0.127. The van der Waals surface area contributed by atoms with E-state index in [2.05, 4.69) is 0 Å². The molecule has 1 atom stereocenters. The van der Waals surface area contributed by atoms with Gasteiger partial charge in [0.15, 0.2) is 0 Å². The minimum Gasteiger partial charge on any atom is -0.369 e. The summed E-state index contributed by atoms with van der Waals surface area (Å²) in [4.78, 5) is 33.5. The van der Waals surface area contributed by atoms with Crippen LogP contribution in [-0.2, 0) is 14.4 Å².